The number of benzene rings is 1. The van der Waals surface area contributed by atoms with E-state index in [1.54, 1.807) is 51.4 Å². The van der Waals surface area contributed by atoms with Gasteiger partial charge in [0.15, 0.2) is 5.75 Å². The number of carbonyl (C=O) groups excluding carboxylic acids is 2. The minimum atomic E-state index is -0.488. The maximum Gasteiger partial charge on any atom is 0.357 e. The van der Waals surface area contributed by atoms with Crippen LogP contribution in [0.1, 0.15) is 37.2 Å². The summed E-state index contributed by atoms with van der Waals surface area (Å²) in [6.07, 6.45) is 4.83. The molecule has 35 heavy (non-hydrogen) atoms. The number of carbonyl (C=O) groups is 2. The smallest absolute Gasteiger partial charge is 0.357 e. The van der Waals surface area contributed by atoms with E-state index in [0.29, 0.717) is 23.0 Å². The molecule has 1 amide bonds. The molecule has 1 aliphatic carbocycles. The van der Waals surface area contributed by atoms with Crippen LogP contribution in [0.3, 0.4) is 0 Å². The second kappa shape index (κ2) is 10.7. The fraction of sp³-hybridized carbons (Fsp3) is 0.360. The molecule has 1 unspecified atom stereocenters. The number of hydrogen-bond acceptors (Lipinski definition) is 9. The fourth-order valence-corrected chi connectivity index (χ4v) is 3.56. The van der Waals surface area contributed by atoms with Crippen molar-refractivity contribution in [2.45, 2.75) is 38.8 Å². The third kappa shape index (κ3) is 5.84. The molecule has 0 bridgehead atoms. The Morgan fingerprint density at radius 2 is 2.06 bits per heavy atom. The van der Waals surface area contributed by atoms with Gasteiger partial charge in [0.25, 0.3) is 0 Å². The molecule has 2 heterocycles. The van der Waals surface area contributed by atoms with Crippen LogP contribution in [0, 0.1) is 5.92 Å². The van der Waals surface area contributed by atoms with E-state index in [4.69, 9.17) is 14.5 Å². The lowest BCUT2D eigenvalue weighted by molar-refractivity contribution is -0.121. The van der Waals surface area contributed by atoms with Gasteiger partial charge in [-0.1, -0.05) is 18.2 Å². The molecule has 0 spiro atoms. The van der Waals surface area contributed by atoms with E-state index in [9.17, 15) is 14.7 Å². The molecule has 1 aromatic heterocycles. The molecule has 2 aromatic rings. The quantitative estimate of drug-likeness (QED) is 0.424. The Labute approximate surface area is 203 Å². The molecule has 2 aliphatic rings. The lowest BCUT2D eigenvalue weighted by Crippen LogP contribution is -2.53. The maximum absolute atomic E-state index is 12.1. The van der Waals surface area contributed by atoms with Gasteiger partial charge in [-0.2, -0.15) is 0 Å². The number of hydrogen-bond donors (Lipinski definition) is 4. The molecule has 1 aromatic carbocycles. The van der Waals surface area contributed by atoms with E-state index in [1.165, 1.54) is 0 Å². The zero-order chi connectivity index (χ0) is 24.9. The largest absolute Gasteiger partial charge is 0.494 e. The number of nitrogens with one attached hydrogen (secondary N) is 3. The summed E-state index contributed by atoms with van der Waals surface area (Å²) in [4.78, 5) is 33.2. The van der Waals surface area contributed by atoms with Crippen LogP contribution in [0.4, 0.5) is 5.69 Å². The lowest BCUT2D eigenvalue weighted by atomic mass is 10.0. The molecule has 4 N–H and O–H groups in total. The van der Waals surface area contributed by atoms with Crippen molar-refractivity contribution < 1.29 is 24.2 Å². The third-order valence-corrected chi connectivity index (χ3v) is 5.49. The maximum atomic E-state index is 12.1. The fourth-order valence-electron chi connectivity index (χ4n) is 3.56. The van der Waals surface area contributed by atoms with Gasteiger partial charge in [-0.3, -0.25) is 4.79 Å². The summed E-state index contributed by atoms with van der Waals surface area (Å²) in [6, 6.07) is 8.38. The molecular weight excluding hydrogens is 450 g/mol. The second-order valence-electron chi connectivity index (χ2n) is 8.61. The number of methoxy groups -OCH3 is 1. The normalized spacial score (nSPS) is 18.6. The van der Waals surface area contributed by atoms with Gasteiger partial charge in [0, 0.05) is 29.3 Å². The van der Waals surface area contributed by atoms with Crippen LogP contribution < -0.4 is 20.9 Å². The highest BCUT2D eigenvalue weighted by atomic mass is 16.5. The number of aliphatic imine (C=N–C) groups is 1. The highest BCUT2D eigenvalue weighted by Crippen LogP contribution is 2.38. The van der Waals surface area contributed by atoms with E-state index in [0.717, 1.165) is 24.0 Å². The van der Waals surface area contributed by atoms with E-state index >= 15 is 0 Å². The van der Waals surface area contributed by atoms with Crippen LogP contribution >= 0.6 is 0 Å². The topological polar surface area (TPSA) is 134 Å². The molecule has 1 saturated carbocycles. The Hall–Kier alpha value is -3.76. The van der Waals surface area contributed by atoms with Crippen LogP contribution in [0.25, 0.3) is 11.1 Å². The summed E-state index contributed by atoms with van der Waals surface area (Å²) < 4.78 is 10.9. The number of pyridine rings is 1. The Kier molecular flexibility index (Phi) is 7.42. The second-order valence-corrected chi connectivity index (χ2v) is 8.61. The van der Waals surface area contributed by atoms with E-state index in [2.05, 4.69) is 21.2 Å². The number of para-hydroxylation sites is 1. The predicted octanol–water partition coefficient (Wildman–Crippen LogP) is 2.23. The van der Waals surface area contributed by atoms with Crippen LogP contribution in [0.15, 0.2) is 53.4 Å². The zero-order valence-electron chi connectivity index (χ0n) is 19.9. The van der Waals surface area contributed by atoms with Crippen molar-refractivity contribution in [3.63, 3.8) is 0 Å². The summed E-state index contributed by atoms with van der Waals surface area (Å²) >= 11 is 0. The first kappa shape index (κ1) is 24.4. The first-order valence-corrected chi connectivity index (χ1v) is 11.5. The minimum Gasteiger partial charge on any atom is -0.494 e. The van der Waals surface area contributed by atoms with Crippen molar-refractivity contribution >= 4 is 23.3 Å². The standard InChI is InChI=1S/C25H29N5O5/c1-14(2)35-25(33)19-10-9-16(12-26-19)17-5-4-6-18(23(17)34-3)27-20-11-22(30-29-21(20)13-31)28-24(32)15-7-8-15/h4-6,9-12,14-15,21,29-31H,7-8,13H2,1-3H3,(H,28,32). The Balaban J connectivity index is 1.64. The number of aliphatic hydroxyl groups is 1. The number of nitrogens with zero attached hydrogens (tertiary/aromatic N) is 2. The van der Waals surface area contributed by atoms with Crippen LogP contribution in [-0.2, 0) is 9.53 Å². The third-order valence-electron chi connectivity index (χ3n) is 5.49. The number of ether oxygens (including phenoxy) is 2. The molecule has 10 nitrogen and oxygen atoms in total. The summed E-state index contributed by atoms with van der Waals surface area (Å²) in [7, 11) is 1.55. The highest BCUT2D eigenvalue weighted by Gasteiger charge is 2.31. The molecule has 0 radical (unpaired) electrons. The van der Waals surface area contributed by atoms with Crippen molar-refractivity contribution in [1.82, 2.24) is 21.2 Å². The zero-order valence-corrected chi connectivity index (χ0v) is 19.9. The molecule has 0 saturated heterocycles. The Bertz CT molecular complexity index is 1160. The summed E-state index contributed by atoms with van der Waals surface area (Å²) in [5, 5.41) is 12.7. The summed E-state index contributed by atoms with van der Waals surface area (Å²) in [5.41, 5.74) is 8.61. The van der Waals surface area contributed by atoms with Gasteiger partial charge < -0.3 is 25.3 Å². The number of esters is 1. The Morgan fingerprint density at radius 1 is 1.26 bits per heavy atom. The number of rotatable bonds is 8. The van der Waals surface area contributed by atoms with Crippen molar-refractivity contribution in [1.29, 1.82) is 0 Å². The van der Waals surface area contributed by atoms with Crippen LogP contribution in [0.2, 0.25) is 0 Å². The van der Waals surface area contributed by atoms with Crippen LogP contribution in [0.5, 0.6) is 5.75 Å². The van der Waals surface area contributed by atoms with Gasteiger partial charge in [-0.05, 0) is 38.8 Å². The minimum absolute atomic E-state index is 0.0415. The van der Waals surface area contributed by atoms with E-state index in [-0.39, 0.29) is 30.2 Å². The molecule has 10 heteroatoms. The van der Waals surface area contributed by atoms with Gasteiger partial charge >= 0.3 is 5.97 Å². The van der Waals surface area contributed by atoms with Gasteiger partial charge in [0.1, 0.15) is 17.2 Å². The number of hydrazine groups is 1. The van der Waals surface area contributed by atoms with Gasteiger partial charge in [0.2, 0.25) is 5.91 Å². The van der Waals surface area contributed by atoms with Crippen molar-refractivity contribution in [3.8, 4) is 16.9 Å². The molecule has 184 valence electrons. The molecule has 1 fully saturated rings. The SMILES string of the molecule is COc1c(N=C2C=C(NC(=O)C3CC3)NNC2CO)cccc1-c1ccc(C(=O)OC(C)C)nc1. The molecule has 1 aliphatic heterocycles. The van der Waals surface area contributed by atoms with Gasteiger partial charge in [-0.15, -0.1) is 0 Å². The number of amides is 1. The van der Waals surface area contributed by atoms with Gasteiger partial charge in [-0.25, -0.2) is 20.2 Å². The summed E-state index contributed by atoms with van der Waals surface area (Å²) in [5.74, 6) is 0.501. The first-order valence-electron chi connectivity index (χ1n) is 11.5. The number of aliphatic hydroxyl groups excluding tert-OH is 1. The van der Waals surface area contributed by atoms with E-state index < -0.39 is 12.0 Å². The first-order chi connectivity index (χ1) is 16.9. The van der Waals surface area contributed by atoms with Crippen molar-refractivity contribution in [2.24, 2.45) is 10.9 Å². The lowest BCUT2D eigenvalue weighted by Gasteiger charge is -2.26. The molecule has 1 atom stereocenters. The van der Waals surface area contributed by atoms with Crippen LogP contribution in [-0.4, -0.2) is 53.5 Å². The predicted molar refractivity (Wildman–Crippen MR) is 130 cm³/mol. The van der Waals surface area contributed by atoms with E-state index in [1.807, 2.05) is 12.1 Å². The molecule has 4 rings (SSSR count). The summed E-state index contributed by atoms with van der Waals surface area (Å²) in [6.45, 7) is 3.36. The average Bonchev–Trinajstić information content (AvgIpc) is 3.70. The van der Waals surface area contributed by atoms with Crippen molar-refractivity contribution in [3.05, 3.63) is 54.1 Å². The number of aromatic nitrogens is 1. The monoisotopic (exact) mass is 479 g/mol. The average molecular weight is 480 g/mol. The Morgan fingerprint density at radius 3 is 2.69 bits per heavy atom. The van der Waals surface area contributed by atoms with Gasteiger partial charge in [0.05, 0.1) is 31.6 Å². The highest BCUT2D eigenvalue weighted by molar-refractivity contribution is 6.03. The van der Waals surface area contributed by atoms with Crippen molar-refractivity contribution in [2.75, 3.05) is 13.7 Å². The molecular formula is C25H29N5O5.